The number of ether oxygens (including phenoxy) is 1. The van der Waals surface area contributed by atoms with Gasteiger partial charge in [0.1, 0.15) is 17.8 Å². The fraction of sp³-hybridized carbons (Fsp3) is 0.452. The molecule has 2 aliphatic rings. The minimum absolute atomic E-state index is 0.142. The largest absolute Gasteiger partial charge is 0.483 e. The predicted octanol–water partition coefficient (Wildman–Crippen LogP) is 3.90. The van der Waals surface area contributed by atoms with Crippen LogP contribution < -0.4 is 20.7 Å². The lowest BCUT2D eigenvalue weighted by Crippen LogP contribution is -2.59. The van der Waals surface area contributed by atoms with E-state index in [0.29, 0.717) is 18.6 Å². The molecule has 0 unspecified atom stereocenters. The summed E-state index contributed by atoms with van der Waals surface area (Å²) in [6, 6.07) is 14.4. The molecule has 0 aromatic heterocycles. The molecule has 0 fully saturated rings. The van der Waals surface area contributed by atoms with Crippen molar-refractivity contribution in [1.82, 2.24) is 20.9 Å². The fourth-order valence-corrected chi connectivity index (χ4v) is 4.56. The smallest absolute Gasteiger partial charge is 0.247 e. The topological polar surface area (TPSA) is 99.8 Å². The Morgan fingerprint density at radius 3 is 2.26 bits per heavy atom. The van der Waals surface area contributed by atoms with Crippen LogP contribution >= 0.6 is 0 Å². The van der Waals surface area contributed by atoms with Crippen LogP contribution in [0.15, 0.2) is 60.8 Å². The van der Waals surface area contributed by atoms with Gasteiger partial charge in [0.15, 0.2) is 6.10 Å². The Morgan fingerprint density at radius 1 is 1.00 bits per heavy atom. The molecular weight excluding hydrogens is 492 g/mol. The summed E-state index contributed by atoms with van der Waals surface area (Å²) in [6.07, 6.45) is 3.81. The van der Waals surface area contributed by atoms with Gasteiger partial charge in [0.05, 0.1) is 6.04 Å². The van der Waals surface area contributed by atoms with Crippen molar-refractivity contribution in [3.05, 3.63) is 71.9 Å². The lowest BCUT2D eigenvalue weighted by molar-refractivity contribution is -0.136. The minimum atomic E-state index is -1.10. The summed E-state index contributed by atoms with van der Waals surface area (Å²) in [4.78, 5) is 42.7. The molecule has 4 rings (SSSR count). The first-order chi connectivity index (χ1) is 18.6. The van der Waals surface area contributed by atoms with Crippen molar-refractivity contribution in [3.8, 4) is 5.75 Å². The second kappa shape index (κ2) is 13.9. The van der Waals surface area contributed by atoms with Crippen LogP contribution in [0.3, 0.4) is 0 Å². The van der Waals surface area contributed by atoms with Gasteiger partial charge in [-0.2, -0.15) is 0 Å². The van der Waals surface area contributed by atoms with Gasteiger partial charge >= 0.3 is 0 Å². The second-order valence-electron chi connectivity index (χ2n) is 10.8. The van der Waals surface area contributed by atoms with Crippen molar-refractivity contribution < 1.29 is 19.1 Å². The summed E-state index contributed by atoms with van der Waals surface area (Å²) in [5.41, 5.74) is 1.61. The number of benzene rings is 2. The molecule has 0 spiro atoms. The van der Waals surface area contributed by atoms with E-state index in [-0.39, 0.29) is 23.7 Å². The van der Waals surface area contributed by atoms with Gasteiger partial charge in [-0.3, -0.25) is 19.3 Å². The Balaban J connectivity index is 2.11. The number of rotatable bonds is 8. The summed E-state index contributed by atoms with van der Waals surface area (Å²) < 4.78 is 6.44. The van der Waals surface area contributed by atoms with Gasteiger partial charge in [0.2, 0.25) is 17.7 Å². The molecule has 0 radical (unpaired) electrons. The van der Waals surface area contributed by atoms with Crippen LogP contribution in [0.2, 0.25) is 0 Å². The average molecular weight is 535 g/mol. The van der Waals surface area contributed by atoms with E-state index in [4.69, 9.17) is 4.74 Å². The molecule has 8 nitrogen and oxygen atoms in total. The SMILES string of the molecule is CC[C@H](C)[C@@H]1NC(=O)[C@@H](NC(=O)[C@H](CC(C)C)N(C)C)[C@H](c2ccccc2)Oc2ccc(cc2)C=CNC1=O. The number of likely N-dealkylation sites (N-methyl/N-ethyl adjacent to an activating group) is 1. The number of amides is 3. The van der Waals surface area contributed by atoms with Gasteiger partial charge in [-0.05, 0) is 61.7 Å². The molecule has 5 atom stereocenters. The minimum Gasteiger partial charge on any atom is -0.483 e. The van der Waals surface area contributed by atoms with Crippen LogP contribution in [-0.4, -0.2) is 54.8 Å². The van der Waals surface area contributed by atoms with Crippen molar-refractivity contribution in [1.29, 1.82) is 0 Å². The summed E-state index contributed by atoms with van der Waals surface area (Å²) in [5.74, 6) is -0.405. The Hall–Kier alpha value is -3.65. The highest BCUT2D eigenvalue weighted by Crippen LogP contribution is 2.27. The maximum absolute atomic E-state index is 14.0. The Kier molecular flexibility index (Phi) is 10.7. The summed E-state index contributed by atoms with van der Waals surface area (Å²) in [6.45, 7) is 8.00. The monoisotopic (exact) mass is 534 g/mol. The van der Waals surface area contributed by atoms with Crippen molar-refractivity contribution >= 4 is 23.8 Å². The molecule has 2 aromatic carbocycles. The predicted molar refractivity (Wildman–Crippen MR) is 154 cm³/mol. The highest BCUT2D eigenvalue weighted by atomic mass is 16.5. The van der Waals surface area contributed by atoms with E-state index in [1.807, 2.05) is 87.4 Å². The number of nitrogens with one attached hydrogen (secondary N) is 3. The molecule has 2 heterocycles. The molecule has 2 aromatic rings. The van der Waals surface area contributed by atoms with Crippen molar-refractivity contribution in [3.63, 3.8) is 0 Å². The average Bonchev–Trinajstić information content (AvgIpc) is 2.92. The maximum Gasteiger partial charge on any atom is 0.247 e. The summed E-state index contributed by atoms with van der Waals surface area (Å²) >= 11 is 0. The molecule has 8 heteroatoms. The van der Waals surface area contributed by atoms with Gasteiger partial charge in [-0.1, -0.05) is 76.6 Å². The first kappa shape index (κ1) is 29.9. The number of nitrogens with zero attached hydrogens (tertiary/aromatic N) is 1. The highest BCUT2D eigenvalue weighted by Gasteiger charge is 2.38. The van der Waals surface area contributed by atoms with E-state index in [2.05, 4.69) is 29.8 Å². The van der Waals surface area contributed by atoms with Gasteiger partial charge in [-0.15, -0.1) is 0 Å². The van der Waals surface area contributed by atoms with Crippen LogP contribution in [0.25, 0.3) is 6.08 Å². The van der Waals surface area contributed by atoms with Crippen LogP contribution in [0.5, 0.6) is 5.75 Å². The number of fused-ring (bicyclic) bond motifs is 10. The zero-order chi connectivity index (χ0) is 28.5. The molecule has 3 N–H and O–H groups in total. The lowest BCUT2D eigenvalue weighted by atomic mass is 9.95. The quantitative estimate of drug-likeness (QED) is 0.477. The first-order valence-electron chi connectivity index (χ1n) is 13.7. The van der Waals surface area contributed by atoms with E-state index in [9.17, 15) is 14.4 Å². The summed E-state index contributed by atoms with van der Waals surface area (Å²) in [7, 11) is 3.70. The number of carbonyl (C=O) groups is 3. The molecule has 210 valence electrons. The van der Waals surface area contributed by atoms with Gasteiger partial charge < -0.3 is 20.7 Å². The fourth-order valence-electron chi connectivity index (χ4n) is 4.56. The van der Waals surface area contributed by atoms with E-state index in [1.54, 1.807) is 12.3 Å². The third kappa shape index (κ3) is 8.17. The van der Waals surface area contributed by atoms with E-state index < -0.39 is 30.1 Å². The van der Waals surface area contributed by atoms with Crippen LogP contribution in [0.1, 0.15) is 57.8 Å². The standard InChI is InChI=1S/C31H42N4O4/c1-7-21(4)26-30(37)32-18-17-22-13-15-24(16-14-22)39-28(23-11-9-8-10-12-23)27(31(38)33-26)34-29(36)25(35(5)6)19-20(2)3/h8-18,20-21,25-28H,7,19H2,1-6H3,(H,32,37)(H,33,38)(H,34,36)/t21-,25-,26-,27-,28-/m0/s1. The summed E-state index contributed by atoms with van der Waals surface area (Å²) in [5, 5.41) is 8.74. The zero-order valence-corrected chi connectivity index (χ0v) is 23.8. The molecular formula is C31H42N4O4. The van der Waals surface area contributed by atoms with E-state index in [1.165, 1.54) is 0 Å². The Bertz CT molecular complexity index is 1130. The molecule has 3 amide bonds. The van der Waals surface area contributed by atoms with E-state index in [0.717, 1.165) is 11.1 Å². The molecule has 0 aliphatic carbocycles. The number of carbonyl (C=O) groups excluding carboxylic acids is 3. The maximum atomic E-state index is 14.0. The molecule has 2 aliphatic heterocycles. The van der Waals surface area contributed by atoms with Crippen molar-refractivity contribution in [2.75, 3.05) is 14.1 Å². The van der Waals surface area contributed by atoms with Crippen molar-refractivity contribution in [2.45, 2.75) is 64.8 Å². The molecule has 0 saturated carbocycles. The van der Waals surface area contributed by atoms with Crippen molar-refractivity contribution in [2.24, 2.45) is 11.8 Å². The number of hydrogen-bond acceptors (Lipinski definition) is 5. The van der Waals surface area contributed by atoms with Crippen LogP contribution in [-0.2, 0) is 14.4 Å². The molecule has 0 saturated heterocycles. The third-order valence-corrected chi connectivity index (χ3v) is 7.07. The van der Waals surface area contributed by atoms with Crippen LogP contribution in [0.4, 0.5) is 0 Å². The molecule has 39 heavy (non-hydrogen) atoms. The third-order valence-electron chi connectivity index (χ3n) is 7.07. The first-order valence-corrected chi connectivity index (χ1v) is 13.7. The zero-order valence-electron chi connectivity index (χ0n) is 23.8. The van der Waals surface area contributed by atoms with Gasteiger partial charge in [-0.25, -0.2) is 0 Å². The Morgan fingerprint density at radius 2 is 1.67 bits per heavy atom. The number of hydrogen-bond donors (Lipinski definition) is 3. The Labute approximate surface area is 232 Å². The second-order valence-corrected chi connectivity index (χ2v) is 10.8. The van der Waals surface area contributed by atoms with Gasteiger partial charge in [0, 0.05) is 6.20 Å². The van der Waals surface area contributed by atoms with E-state index >= 15 is 0 Å². The normalized spacial score (nSPS) is 21.5. The van der Waals surface area contributed by atoms with Gasteiger partial charge in [0.25, 0.3) is 0 Å². The van der Waals surface area contributed by atoms with Crippen LogP contribution in [0, 0.1) is 11.8 Å². The molecule has 2 bridgehead atoms. The highest BCUT2D eigenvalue weighted by molar-refractivity contribution is 5.94. The lowest BCUT2D eigenvalue weighted by Gasteiger charge is -2.33.